The van der Waals surface area contributed by atoms with E-state index in [1.807, 2.05) is 31.2 Å². The molecule has 0 aliphatic heterocycles. The first kappa shape index (κ1) is 13.6. The molecule has 0 aliphatic carbocycles. The minimum Gasteiger partial charge on any atom is -0.311 e. The fourth-order valence-corrected chi connectivity index (χ4v) is 1.93. The summed E-state index contributed by atoms with van der Waals surface area (Å²) in [6.07, 6.45) is 3.61. The van der Waals surface area contributed by atoms with Crippen molar-refractivity contribution in [2.75, 3.05) is 6.54 Å². The minimum atomic E-state index is 0.684. The standard InChI is InChI=1S/C15H20N4/c1-3-7-16-11-14-9-12(2)18-15(19-14)10-13-6-4-5-8-17-13/h4-6,8-9,16H,3,7,10-11H2,1-2H3. The van der Waals surface area contributed by atoms with Gasteiger partial charge in [-0.25, -0.2) is 9.97 Å². The average molecular weight is 256 g/mol. The van der Waals surface area contributed by atoms with Crippen molar-refractivity contribution in [1.29, 1.82) is 0 Å². The second-order valence-electron chi connectivity index (χ2n) is 4.59. The fraction of sp³-hybridized carbons (Fsp3) is 0.400. The molecule has 0 spiro atoms. The number of nitrogens with one attached hydrogen (secondary N) is 1. The van der Waals surface area contributed by atoms with Crippen LogP contribution in [0.3, 0.4) is 0 Å². The number of rotatable bonds is 6. The van der Waals surface area contributed by atoms with Gasteiger partial charge in [0.25, 0.3) is 0 Å². The van der Waals surface area contributed by atoms with Crippen LogP contribution in [0.25, 0.3) is 0 Å². The predicted molar refractivity (Wildman–Crippen MR) is 75.8 cm³/mol. The SMILES string of the molecule is CCCNCc1cc(C)nc(Cc2ccccn2)n1. The number of aryl methyl sites for hydroxylation is 1. The second-order valence-corrected chi connectivity index (χ2v) is 4.59. The molecule has 0 amide bonds. The lowest BCUT2D eigenvalue weighted by molar-refractivity contribution is 0.658. The molecule has 0 aliphatic rings. The number of nitrogens with zero attached hydrogens (tertiary/aromatic N) is 3. The fourth-order valence-electron chi connectivity index (χ4n) is 1.93. The van der Waals surface area contributed by atoms with Gasteiger partial charge in [-0.3, -0.25) is 4.98 Å². The van der Waals surface area contributed by atoms with Gasteiger partial charge in [0.05, 0.1) is 12.1 Å². The van der Waals surface area contributed by atoms with Crippen molar-refractivity contribution >= 4 is 0 Å². The van der Waals surface area contributed by atoms with Gasteiger partial charge in [-0.1, -0.05) is 13.0 Å². The van der Waals surface area contributed by atoms with E-state index >= 15 is 0 Å². The van der Waals surface area contributed by atoms with Crippen molar-refractivity contribution in [3.8, 4) is 0 Å². The van der Waals surface area contributed by atoms with Gasteiger partial charge in [-0.15, -0.1) is 0 Å². The summed E-state index contributed by atoms with van der Waals surface area (Å²) in [5.41, 5.74) is 3.06. The highest BCUT2D eigenvalue weighted by molar-refractivity contribution is 5.15. The van der Waals surface area contributed by atoms with Crippen LogP contribution >= 0.6 is 0 Å². The van der Waals surface area contributed by atoms with E-state index in [0.717, 1.165) is 42.4 Å². The summed E-state index contributed by atoms with van der Waals surface area (Å²) in [6.45, 7) is 5.97. The van der Waals surface area contributed by atoms with E-state index in [9.17, 15) is 0 Å². The molecule has 0 radical (unpaired) electrons. The highest BCUT2D eigenvalue weighted by Crippen LogP contribution is 2.05. The molecule has 100 valence electrons. The van der Waals surface area contributed by atoms with E-state index in [1.54, 1.807) is 6.20 Å². The van der Waals surface area contributed by atoms with Gasteiger partial charge in [0.1, 0.15) is 5.82 Å². The molecule has 4 nitrogen and oxygen atoms in total. The lowest BCUT2D eigenvalue weighted by atomic mass is 10.2. The molecule has 0 bridgehead atoms. The molecule has 0 unspecified atom stereocenters. The van der Waals surface area contributed by atoms with Gasteiger partial charge in [-0.05, 0) is 38.1 Å². The first-order valence-corrected chi connectivity index (χ1v) is 6.72. The predicted octanol–water partition coefficient (Wildman–Crippen LogP) is 2.27. The second kappa shape index (κ2) is 6.95. The maximum Gasteiger partial charge on any atom is 0.134 e. The summed E-state index contributed by atoms with van der Waals surface area (Å²) in [4.78, 5) is 13.4. The molecule has 0 atom stereocenters. The van der Waals surface area contributed by atoms with Crippen LogP contribution in [0.1, 0.15) is 36.3 Å². The Labute approximate surface area is 114 Å². The van der Waals surface area contributed by atoms with E-state index in [-0.39, 0.29) is 0 Å². The number of hydrogen-bond acceptors (Lipinski definition) is 4. The highest BCUT2D eigenvalue weighted by Gasteiger charge is 2.04. The van der Waals surface area contributed by atoms with E-state index in [2.05, 4.69) is 27.2 Å². The monoisotopic (exact) mass is 256 g/mol. The molecule has 0 saturated heterocycles. The van der Waals surface area contributed by atoms with Gasteiger partial charge >= 0.3 is 0 Å². The molecule has 4 heteroatoms. The Balaban J connectivity index is 2.08. The van der Waals surface area contributed by atoms with Crippen LogP contribution < -0.4 is 5.32 Å². The number of pyridine rings is 1. The van der Waals surface area contributed by atoms with E-state index in [1.165, 1.54) is 0 Å². The van der Waals surface area contributed by atoms with E-state index in [4.69, 9.17) is 0 Å². The molecular weight excluding hydrogens is 236 g/mol. The largest absolute Gasteiger partial charge is 0.311 e. The Hall–Kier alpha value is -1.81. The topological polar surface area (TPSA) is 50.7 Å². The van der Waals surface area contributed by atoms with Crippen LogP contribution in [-0.4, -0.2) is 21.5 Å². The van der Waals surface area contributed by atoms with Gasteiger partial charge in [-0.2, -0.15) is 0 Å². The van der Waals surface area contributed by atoms with Crippen LogP contribution in [0.15, 0.2) is 30.5 Å². The summed E-state index contributed by atoms with van der Waals surface area (Å²) in [6, 6.07) is 7.94. The van der Waals surface area contributed by atoms with Crippen LogP contribution in [0.5, 0.6) is 0 Å². The Morgan fingerprint density at radius 1 is 1.16 bits per heavy atom. The van der Waals surface area contributed by atoms with E-state index < -0.39 is 0 Å². The zero-order valence-electron chi connectivity index (χ0n) is 11.6. The zero-order valence-corrected chi connectivity index (χ0v) is 11.6. The summed E-state index contributed by atoms with van der Waals surface area (Å²) in [5, 5.41) is 3.36. The molecule has 1 N–H and O–H groups in total. The zero-order chi connectivity index (χ0) is 13.5. The van der Waals surface area contributed by atoms with Crippen molar-refractivity contribution < 1.29 is 0 Å². The average Bonchev–Trinajstić information content (AvgIpc) is 2.39. The van der Waals surface area contributed by atoms with Gasteiger partial charge in [0.2, 0.25) is 0 Å². The Kier molecular flexibility index (Phi) is 4.98. The molecule has 0 aromatic carbocycles. The molecule has 2 rings (SSSR count). The molecule has 2 aromatic rings. The van der Waals surface area contributed by atoms with Crippen molar-refractivity contribution in [2.45, 2.75) is 33.2 Å². The molecule has 0 fully saturated rings. The Morgan fingerprint density at radius 3 is 2.79 bits per heavy atom. The van der Waals surface area contributed by atoms with Crippen molar-refractivity contribution in [3.05, 3.63) is 53.4 Å². The first-order chi connectivity index (χ1) is 9.28. The van der Waals surface area contributed by atoms with Crippen molar-refractivity contribution in [2.24, 2.45) is 0 Å². The van der Waals surface area contributed by atoms with Crippen molar-refractivity contribution in [1.82, 2.24) is 20.3 Å². The van der Waals surface area contributed by atoms with Crippen LogP contribution in [0.2, 0.25) is 0 Å². The third kappa shape index (κ3) is 4.41. The molecule has 2 aromatic heterocycles. The maximum atomic E-state index is 4.59. The van der Waals surface area contributed by atoms with Gasteiger partial charge < -0.3 is 5.32 Å². The summed E-state index contributed by atoms with van der Waals surface area (Å²) < 4.78 is 0. The number of hydrogen-bond donors (Lipinski definition) is 1. The third-order valence-electron chi connectivity index (χ3n) is 2.75. The molecule has 19 heavy (non-hydrogen) atoms. The highest BCUT2D eigenvalue weighted by atomic mass is 14.9. The Bertz CT molecular complexity index is 511. The molecular formula is C15H20N4. The molecule has 0 saturated carbocycles. The minimum absolute atomic E-state index is 0.684. The summed E-state index contributed by atoms with van der Waals surface area (Å²) in [5.74, 6) is 0.840. The normalized spacial score (nSPS) is 10.6. The van der Waals surface area contributed by atoms with Gasteiger partial charge in [0.15, 0.2) is 0 Å². The maximum absolute atomic E-state index is 4.59. The van der Waals surface area contributed by atoms with E-state index in [0.29, 0.717) is 6.42 Å². The van der Waals surface area contributed by atoms with Crippen LogP contribution in [-0.2, 0) is 13.0 Å². The Morgan fingerprint density at radius 2 is 2.05 bits per heavy atom. The summed E-state index contributed by atoms with van der Waals surface area (Å²) in [7, 11) is 0. The van der Waals surface area contributed by atoms with Crippen LogP contribution in [0.4, 0.5) is 0 Å². The number of aromatic nitrogens is 3. The lowest BCUT2D eigenvalue weighted by Gasteiger charge is -2.06. The smallest absolute Gasteiger partial charge is 0.134 e. The van der Waals surface area contributed by atoms with Crippen molar-refractivity contribution in [3.63, 3.8) is 0 Å². The third-order valence-corrected chi connectivity index (χ3v) is 2.75. The summed E-state index contributed by atoms with van der Waals surface area (Å²) >= 11 is 0. The quantitative estimate of drug-likeness (QED) is 0.806. The van der Waals surface area contributed by atoms with Crippen LogP contribution in [0, 0.1) is 6.92 Å². The first-order valence-electron chi connectivity index (χ1n) is 6.72. The molecule has 2 heterocycles. The van der Waals surface area contributed by atoms with Gasteiger partial charge in [0, 0.05) is 24.1 Å². The lowest BCUT2D eigenvalue weighted by Crippen LogP contribution is -2.16.